The van der Waals surface area contributed by atoms with Gasteiger partial charge in [-0.15, -0.1) is 0 Å². The van der Waals surface area contributed by atoms with Crippen LogP contribution >= 0.6 is 0 Å². The number of hydrogen-bond donors (Lipinski definition) is 2. The number of benzene rings is 2. The number of H-pyrrole nitrogens is 1. The Balaban J connectivity index is 1.63. The van der Waals surface area contributed by atoms with Crippen molar-refractivity contribution in [2.75, 3.05) is 0 Å². The minimum Gasteiger partial charge on any atom is -0.338 e. The van der Waals surface area contributed by atoms with E-state index in [1.165, 1.54) is 10.6 Å². The summed E-state index contributed by atoms with van der Waals surface area (Å²) < 4.78 is 1.54. The van der Waals surface area contributed by atoms with Crippen LogP contribution in [-0.2, 0) is 6.54 Å². The molecular weight excluding hydrogens is 390 g/mol. The number of aryl methyl sites for hydroxylation is 2. The van der Waals surface area contributed by atoms with Crippen LogP contribution in [0.1, 0.15) is 44.7 Å². The van der Waals surface area contributed by atoms with Crippen LogP contribution in [0.4, 0.5) is 0 Å². The van der Waals surface area contributed by atoms with E-state index in [1.807, 2.05) is 61.5 Å². The highest BCUT2D eigenvalue weighted by Crippen LogP contribution is 2.19. The molecule has 4 rings (SSSR count). The Bertz CT molecular complexity index is 1260. The van der Waals surface area contributed by atoms with Crippen molar-refractivity contribution in [3.05, 3.63) is 117 Å². The third kappa shape index (κ3) is 4.61. The molecule has 0 saturated heterocycles. The molecule has 4 aromatic rings. The Labute approximate surface area is 179 Å². The van der Waals surface area contributed by atoms with E-state index in [4.69, 9.17) is 0 Å². The van der Waals surface area contributed by atoms with Crippen molar-refractivity contribution in [2.45, 2.75) is 26.4 Å². The monoisotopic (exact) mass is 413 g/mol. The fourth-order valence-electron chi connectivity index (χ4n) is 3.48. The molecule has 31 heavy (non-hydrogen) atoms. The van der Waals surface area contributed by atoms with E-state index in [0.29, 0.717) is 18.2 Å². The SMILES string of the molecule is Cc1cccc(Cn2cccc(C(=O)NC(c3ccccc3)c3n[nH]c(C)n3)c2=O)c1. The van der Waals surface area contributed by atoms with Gasteiger partial charge in [-0.1, -0.05) is 60.2 Å². The number of aromatic amines is 1. The number of nitrogens with zero attached hydrogens (tertiary/aromatic N) is 3. The van der Waals surface area contributed by atoms with E-state index in [0.717, 1.165) is 16.7 Å². The normalized spacial score (nSPS) is 11.8. The molecule has 0 aliphatic heterocycles. The Morgan fingerprint density at radius 1 is 1.06 bits per heavy atom. The summed E-state index contributed by atoms with van der Waals surface area (Å²) in [6.07, 6.45) is 1.69. The molecule has 7 heteroatoms. The highest BCUT2D eigenvalue weighted by atomic mass is 16.2. The van der Waals surface area contributed by atoms with Crippen molar-refractivity contribution in [1.29, 1.82) is 0 Å². The Morgan fingerprint density at radius 3 is 2.58 bits per heavy atom. The van der Waals surface area contributed by atoms with E-state index < -0.39 is 11.9 Å². The molecule has 1 unspecified atom stereocenters. The number of hydrogen-bond acceptors (Lipinski definition) is 4. The molecule has 1 amide bonds. The average Bonchev–Trinajstić information content (AvgIpc) is 3.20. The number of pyridine rings is 1. The number of amides is 1. The first-order chi connectivity index (χ1) is 15.0. The van der Waals surface area contributed by atoms with Crippen molar-refractivity contribution >= 4 is 5.91 Å². The third-order valence-corrected chi connectivity index (χ3v) is 4.98. The fraction of sp³-hybridized carbons (Fsp3) is 0.167. The zero-order valence-electron chi connectivity index (χ0n) is 17.4. The zero-order valence-corrected chi connectivity index (χ0v) is 17.4. The summed E-state index contributed by atoms with van der Waals surface area (Å²) in [4.78, 5) is 30.5. The lowest BCUT2D eigenvalue weighted by Crippen LogP contribution is -2.36. The second-order valence-corrected chi connectivity index (χ2v) is 7.44. The number of aromatic nitrogens is 4. The molecule has 2 N–H and O–H groups in total. The molecule has 2 aromatic carbocycles. The summed E-state index contributed by atoms with van der Waals surface area (Å²) >= 11 is 0. The summed E-state index contributed by atoms with van der Waals surface area (Å²) in [7, 11) is 0. The van der Waals surface area contributed by atoms with Gasteiger partial charge in [0, 0.05) is 6.20 Å². The minimum absolute atomic E-state index is 0.0725. The van der Waals surface area contributed by atoms with Gasteiger partial charge >= 0.3 is 0 Å². The van der Waals surface area contributed by atoms with Gasteiger partial charge in [-0.25, -0.2) is 4.98 Å². The number of carbonyl (C=O) groups is 1. The van der Waals surface area contributed by atoms with Crippen molar-refractivity contribution in [1.82, 2.24) is 25.1 Å². The van der Waals surface area contributed by atoms with Gasteiger partial charge in [-0.2, -0.15) is 5.10 Å². The van der Waals surface area contributed by atoms with Gasteiger partial charge in [0.05, 0.1) is 6.54 Å². The largest absolute Gasteiger partial charge is 0.338 e. The lowest BCUT2D eigenvalue weighted by atomic mass is 10.1. The van der Waals surface area contributed by atoms with Crippen LogP contribution in [0.25, 0.3) is 0 Å². The second kappa shape index (κ2) is 8.79. The summed E-state index contributed by atoms with van der Waals surface area (Å²) in [5, 5.41) is 9.94. The third-order valence-electron chi connectivity index (χ3n) is 4.98. The molecule has 156 valence electrons. The Hall–Kier alpha value is -4.00. The van der Waals surface area contributed by atoms with Gasteiger partial charge < -0.3 is 9.88 Å². The average molecular weight is 413 g/mol. The number of nitrogens with one attached hydrogen (secondary N) is 2. The number of rotatable bonds is 6. The van der Waals surface area contributed by atoms with E-state index in [9.17, 15) is 9.59 Å². The molecule has 2 heterocycles. The van der Waals surface area contributed by atoms with Crippen LogP contribution in [0.3, 0.4) is 0 Å². The smallest absolute Gasteiger partial charge is 0.263 e. The molecule has 1 atom stereocenters. The summed E-state index contributed by atoms with van der Waals surface area (Å²) in [5.41, 5.74) is 2.67. The first-order valence-corrected chi connectivity index (χ1v) is 10.0. The van der Waals surface area contributed by atoms with E-state index in [2.05, 4.69) is 20.5 Å². The van der Waals surface area contributed by atoms with Crippen molar-refractivity contribution in [3.8, 4) is 0 Å². The maximum atomic E-state index is 13.1. The number of carbonyl (C=O) groups excluding carboxylic acids is 1. The predicted octanol–water partition coefficient (Wildman–Crippen LogP) is 3.15. The molecule has 0 radical (unpaired) electrons. The maximum Gasteiger partial charge on any atom is 0.263 e. The Morgan fingerprint density at radius 2 is 1.87 bits per heavy atom. The van der Waals surface area contributed by atoms with Crippen LogP contribution in [0.5, 0.6) is 0 Å². The van der Waals surface area contributed by atoms with Crippen molar-refractivity contribution in [3.63, 3.8) is 0 Å². The van der Waals surface area contributed by atoms with Crippen molar-refractivity contribution < 1.29 is 4.79 Å². The molecule has 0 bridgehead atoms. The van der Waals surface area contributed by atoms with Gasteiger partial charge in [0.2, 0.25) is 0 Å². The zero-order chi connectivity index (χ0) is 21.8. The molecule has 0 spiro atoms. The van der Waals surface area contributed by atoms with Gasteiger partial charge in [0.25, 0.3) is 11.5 Å². The van der Waals surface area contributed by atoms with Crippen LogP contribution in [0.2, 0.25) is 0 Å². The molecule has 0 fully saturated rings. The maximum absolute atomic E-state index is 13.1. The standard InChI is InChI=1S/C24H23N5O2/c1-16-8-6-9-18(14-16)15-29-13-7-12-20(24(29)31)23(30)26-21(19-10-4-3-5-11-19)22-25-17(2)27-28-22/h3-14,21H,15H2,1-2H3,(H,26,30)(H,25,27,28). The lowest BCUT2D eigenvalue weighted by molar-refractivity contribution is 0.0939. The van der Waals surface area contributed by atoms with Gasteiger partial charge in [0.15, 0.2) is 5.82 Å². The van der Waals surface area contributed by atoms with Gasteiger partial charge in [-0.3, -0.25) is 14.7 Å². The topological polar surface area (TPSA) is 92.7 Å². The second-order valence-electron chi connectivity index (χ2n) is 7.44. The van der Waals surface area contributed by atoms with Crippen LogP contribution in [-0.4, -0.2) is 25.7 Å². The highest BCUT2D eigenvalue weighted by molar-refractivity contribution is 5.94. The minimum atomic E-state index is -0.580. The predicted molar refractivity (Wildman–Crippen MR) is 118 cm³/mol. The summed E-state index contributed by atoms with van der Waals surface area (Å²) in [5.74, 6) is 0.610. The van der Waals surface area contributed by atoms with E-state index in [1.54, 1.807) is 19.2 Å². The Kier molecular flexibility index (Phi) is 5.75. The molecule has 2 aromatic heterocycles. The van der Waals surface area contributed by atoms with E-state index in [-0.39, 0.29) is 11.1 Å². The summed E-state index contributed by atoms with van der Waals surface area (Å²) in [6, 6.07) is 20.0. The first-order valence-electron chi connectivity index (χ1n) is 10.0. The van der Waals surface area contributed by atoms with E-state index >= 15 is 0 Å². The van der Waals surface area contributed by atoms with Crippen LogP contribution < -0.4 is 10.9 Å². The lowest BCUT2D eigenvalue weighted by Gasteiger charge is -2.16. The van der Waals surface area contributed by atoms with Gasteiger partial charge in [0.1, 0.15) is 17.4 Å². The molecule has 0 saturated carbocycles. The molecule has 7 nitrogen and oxygen atoms in total. The molecular formula is C24H23N5O2. The quantitative estimate of drug-likeness (QED) is 0.508. The highest BCUT2D eigenvalue weighted by Gasteiger charge is 2.23. The van der Waals surface area contributed by atoms with Crippen LogP contribution in [0, 0.1) is 13.8 Å². The first kappa shape index (κ1) is 20.3. The van der Waals surface area contributed by atoms with Gasteiger partial charge in [-0.05, 0) is 37.1 Å². The summed E-state index contributed by atoms with van der Waals surface area (Å²) in [6.45, 7) is 4.19. The van der Waals surface area contributed by atoms with Crippen LogP contribution in [0.15, 0.2) is 77.7 Å². The molecule has 0 aliphatic rings. The fourth-order valence-corrected chi connectivity index (χ4v) is 3.48. The van der Waals surface area contributed by atoms with Crippen molar-refractivity contribution in [2.24, 2.45) is 0 Å². The molecule has 0 aliphatic carbocycles.